The topological polar surface area (TPSA) is 41.9 Å². The Morgan fingerprint density at radius 3 is 2.42 bits per heavy atom. The summed E-state index contributed by atoms with van der Waals surface area (Å²) in [4.78, 5) is 18.6. The van der Waals surface area contributed by atoms with E-state index in [-0.39, 0.29) is 5.91 Å². The van der Waals surface area contributed by atoms with Gasteiger partial charge in [-0.2, -0.15) is 0 Å². The Balaban J connectivity index is 2.15. The van der Waals surface area contributed by atoms with Crippen LogP contribution < -0.4 is 0 Å². The predicted octanol–water partition coefficient (Wildman–Crippen LogP) is 3.78. The molecule has 0 spiro atoms. The fourth-order valence-electron chi connectivity index (χ4n) is 2.20. The van der Waals surface area contributed by atoms with Gasteiger partial charge in [0.05, 0.1) is 12.3 Å². The zero-order valence-electron chi connectivity index (χ0n) is 13.7. The molecule has 1 amide bonds. The van der Waals surface area contributed by atoms with Crippen molar-refractivity contribution in [2.45, 2.75) is 13.0 Å². The second kappa shape index (κ2) is 7.68. The molecule has 1 unspecified atom stereocenters. The van der Waals surface area contributed by atoms with Crippen molar-refractivity contribution in [2.75, 3.05) is 14.2 Å². The predicted molar refractivity (Wildman–Crippen MR) is 87.9 cm³/mol. The molecule has 4 nitrogen and oxygen atoms in total. The number of hydrogen-bond donors (Lipinski definition) is 0. The lowest BCUT2D eigenvalue weighted by Crippen LogP contribution is -2.29. The Morgan fingerprint density at radius 2 is 1.83 bits per heavy atom. The summed E-state index contributed by atoms with van der Waals surface area (Å²) in [5, 5.41) is 3.65. The third-order valence-corrected chi connectivity index (χ3v) is 3.79. The molecular formula is C18H18F2N2O2. The van der Waals surface area contributed by atoms with Crippen LogP contribution in [0.15, 0.2) is 47.6 Å². The Kier molecular flexibility index (Phi) is 5.63. The van der Waals surface area contributed by atoms with Crippen molar-refractivity contribution in [1.82, 2.24) is 4.90 Å². The lowest BCUT2D eigenvalue weighted by atomic mass is 10.1. The van der Waals surface area contributed by atoms with Crippen molar-refractivity contribution in [3.8, 4) is 0 Å². The highest BCUT2D eigenvalue weighted by molar-refractivity contribution is 5.95. The molecule has 0 saturated carbocycles. The second-order valence-electron chi connectivity index (χ2n) is 5.30. The van der Waals surface area contributed by atoms with Crippen LogP contribution >= 0.6 is 0 Å². The van der Waals surface area contributed by atoms with Crippen molar-refractivity contribution in [2.24, 2.45) is 5.16 Å². The highest BCUT2D eigenvalue weighted by Crippen LogP contribution is 2.22. The van der Waals surface area contributed by atoms with Crippen LogP contribution in [0, 0.1) is 11.6 Å². The van der Waals surface area contributed by atoms with E-state index < -0.39 is 17.7 Å². The number of benzene rings is 2. The quantitative estimate of drug-likeness (QED) is 0.618. The van der Waals surface area contributed by atoms with Gasteiger partial charge < -0.3 is 9.74 Å². The smallest absolute Gasteiger partial charge is 0.254 e. The first kappa shape index (κ1) is 17.6. The van der Waals surface area contributed by atoms with Crippen LogP contribution in [0.5, 0.6) is 0 Å². The molecule has 0 fully saturated rings. The van der Waals surface area contributed by atoms with Gasteiger partial charge in [0.1, 0.15) is 7.11 Å². The van der Waals surface area contributed by atoms with Gasteiger partial charge in [-0.15, -0.1) is 0 Å². The molecule has 6 heteroatoms. The lowest BCUT2D eigenvalue weighted by molar-refractivity contribution is 0.0742. The molecule has 2 aromatic carbocycles. The number of carbonyl (C=O) groups excluding carboxylic acids is 1. The molecule has 24 heavy (non-hydrogen) atoms. The van der Waals surface area contributed by atoms with Crippen LogP contribution in [0.1, 0.15) is 34.5 Å². The lowest BCUT2D eigenvalue weighted by Gasteiger charge is -2.25. The molecule has 0 aliphatic heterocycles. The van der Waals surface area contributed by atoms with E-state index in [2.05, 4.69) is 9.99 Å². The molecule has 0 aliphatic carbocycles. The molecule has 0 heterocycles. The first-order valence-corrected chi connectivity index (χ1v) is 7.32. The molecule has 0 N–H and O–H groups in total. The number of amides is 1. The minimum Gasteiger partial charge on any atom is -0.399 e. The summed E-state index contributed by atoms with van der Waals surface area (Å²) in [5.74, 6) is -2.06. The summed E-state index contributed by atoms with van der Waals surface area (Å²) in [7, 11) is 3.07. The fourth-order valence-corrected chi connectivity index (χ4v) is 2.20. The van der Waals surface area contributed by atoms with Gasteiger partial charge in [0, 0.05) is 12.6 Å². The highest BCUT2D eigenvalue weighted by atomic mass is 19.2. The largest absolute Gasteiger partial charge is 0.399 e. The van der Waals surface area contributed by atoms with Crippen LogP contribution in [0.25, 0.3) is 0 Å². The summed E-state index contributed by atoms with van der Waals surface area (Å²) in [6.45, 7) is 1.75. The Bertz CT molecular complexity index is 745. The van der Waals surface area contributed by atoms with Crippen LogP contribution in [-0.4, -0.2) is 31.2 Å². The van der Waals surface area contributed by atoms with E-state index in [4.69, 9.17) is 0 Å². The fraction of sp³-hybridized carbons (Fsp3) is 0.222. The highest BCUT2D eigenvalue weighted by Gasteiger charge is 2.20. The minimum atomic E-state index is -0.929. The summed E-state index contributed by atoms with van der Waals surface area (Å²) in [5.41, 5.74) is 1.81. The summed E-state index contributed by atoms with van der Waals surface area (Å²) < 4.78 is 26.4. The van der Waals surface area contributed by atoms with E-state index in [0.29, 0.717) is 11.1 Å². The van der Waals surface area contributed by atoms with Crippen molar-refractivity contribution >= 4 is 12.1 Å². The van der Waals surface area contributed by atoms with Crippen molar-refractivity contribution in [3.05, 3.63) is 70.8 Å². The molecule has 2 aromatic rings. The molecule has 0 saturated heterocycles. The Morgan fingerprint density at radius 1 is 1.17 bits per heavy atom. The number of halogens is 2. The standard InChI is InChI=1S/C18H18F2N2O2/c1-12(15-8-9-16(19)17(20)10-15)22(2)18(23)14-6-4-13(5-7-14)11-21-24-3/h4-12H,1-3H3/b21-11+. The third kappa shape index (κ3) is 3.95. The first-order chi connectivity index (χ1) is 11.4. The molecular weight excluding hydrogens is 314 g/mol. The van der Waals surface area contributed by atoms with Gasteiger partial charge >= 0.3 is 0 Å². The molecule has 126 valence electrons. The average Bonchev–Trinajstić information content (AvgIpc) is 2.60. The van der Waals surface area contributed by atoms with E-state index in [1.165, 1.54) is 24.3 Å². The van der Waals surface area contributed by atoms with Crippen molar-refractivity contribution in [3.63, 3.8) is 0 Å². The van der Waals surface area contributed by atoms with E-state index >= 15 is 0 Å². The van der Waals surface area contributed by atoms with Crippen LogP contribution in [0.2, 0.25) is 0 Å². The van der Waals surface area contributed by atoms with E-state index in [1.54, 1.807) is 38.2 Å². The monoisotopic (exact) mass is 332 g/mol. The zero-order chi connectivity index (χ0) is 17.7. The number of carbonyl (C=O) groups is 1. The number of rotatable bonds is 5. The van der Waals surface area contributed by atoms with Gasteiger partial charge in [-0.25, -0.2) is 8.78 Å². The number of nitrogens with zero attached hydrogens (tertiary/aromatic N) is 2. The molecule has 0 aliphatic rings. The number of hydrogen-bond acceptors (Lipinski definition) is 3. The average molecular weight is 332 g/mol. The summed E-state index contributed by atoms with van der Waals surface area (Å²) in [6, 6.07) is 10.1. The molecule has 1 atom stereocenters. The van der Waals surface area contributed by atoms with Crippen molar-refractivity contribution < 1.29 is 18.4 Å². The van der Waals surface area contributed by atoms with E-state index in [1.807, 2.05) is 0 Å². The molecule has 2 rings (SSSR count). The second-order valence-corrected chi connectivity index (χ2v) is 5.30. The van der Waals surface area contributed by atoms with Crippen molar-refractivity contribution in [1.29, 1.82) is 0 Å². The Labute approximate surface area is 139 Å². The molecule has 0 radical (unpaired) electrons. The maximum Gasteiger partial charge on any atom is 0.254 e. The maximum atomic E-state index is 13.4. The van der Waals surface area contributed by atoms with Gasteiger partial charge in [-0.1, -0.05) is 23.4 Å². The van der Waals surface area contributed by atoms with Gasteiger partial charge in [0.15, 0.2) is 11.6 Å². The van der Waals surface area contributed by atoms with Crippen LogP contribution in [-0.2, 0) is 4.84 Å². The molecule has 0 bridgehead atoms. The minimum absolute atomic E-state index is 0.220. The van der Waals surface area contributed by atoms with Crippen LogP contribution in [0.4, 0.5) is 8.78 Å². The summed E-state index contributed by atoms with van der Waals surface area (Å²) in [6.07, 6.45) is 1.53. The van der Waals surface area contributed by atoms with Crippen LogP contribution in [0.3, 0.4) is 0 Å². The van der Waals surface area contributed by atoms with Gasteiger partial charge in [-0.3, -0.25) is 4.79 Å². The normalized spacial score (nSPS) is 12.2. The third-order valence-electron chi connectivity index (χ3n) is 3.79. The van der Waals surface area contributed by atoms with Gasteiger partial charge in [-0.05, 0) is 42.3 Å². The SMILES string of the molecule is CO/N=C/c1ccc(C(=O)N(C)C(C)c2ccc(F)c(F)c2)cc1. The number of oxime groups is 1. The summed E-state index contributed by atoms with van der Waals surface area (Å²) >= 11 is 0. The maximum absolute atomic E-state index is 13.4. The van der Waals surface area contributed by atoms with Gasteiger partial charge in [0.2, 0.25) is 0 Å². The van der Waals surface area contributed by atoms with E-state index in [9.17, 15) is 13.6 Å². The molecule has 0 aromatic heterocycles. The Hall–Kier alpha value is -2.76. The zero-order valence-corrected chi connectivity index (χ0v) is 13.7. The van der Waals surface area contributed by atoms with Gasteiger partial charge in [0.25, 0.3) is 5.91 Å². The van der Waals surface area contributed by atoms with E-state index in [0.717, 1.165) is 17.7 Å². The first-order valence-electron chi connectivity index (χ1n) is 7.32.